The molecular formula is C77H149NO18. The summed E-state index contributed by atoms with van der Waals surface area (Å²) in [7, 11) is 0. The van der Waals surface area contributed by atoms with Gasteiger partial charge in [0.05, 0.1) is 38.6 Å². The van der Waals surface area contributed by atoms with Crippen molar-refractivity contribution in [2.75, 3.05) is 26.4 Å². The van der Waals surface area contributed by atoms with E-state index in [0.29, 0.717) is 12.8 Å². The number of aliphatic hydroxyl groups excluding tert-OH is 11. The predicted molar refractivity (Wildman–Crippen MR) is 379 cm³/mol. The first-order valence-corrected chi connectivity index (χ1v) is 40.3. The molecule has 96 heavy (non-hydrogen) atoms. The molecule has 0 bridgehead atoms. The van der Waals surface area contributed by atoms with E-state index in [-0.39, 0.29) is 18.9 Å². The predicted octanol–water partition coefficient (Wildman–Crippen LogP) is 13.0. The Balaban J connectivity index is 1.36. The van der Waals surface area contributed by atoms with Gasteiger partial charge in [-0.2, -0.15) is 0 Å². The topological polar surface area (TPSA) is 307 Å². The molecule has 3 heterocycles. The first-order valence-electron chi connectivity index (χ1n) is 40.3. The average Bonchev–Trinajstić information content (AvgIpc) is 0.786. The Labute approximate surface area is 583 Å². The molecule has 3 aliphatic rings. The lowest BCUT2D eigenvalue weighted by atomic mass is 9.96. The second kappa shape index (κ2) is 59.2. The summed E-state index contributed by atoms with van der Waals surface area (Å²) in [6.07, 6.45) is 40.5. The van der Waals surface area contributed by atoms with Crippen molar-refractivity contribution in [3.05, 3.63) is 0 Å². The Kier molecular flexibility index (Phi) is 54.9. The first kappa shape index (κ1) is 89.0. The molecule has 0 radical (unpaired) electrons. The molecule has 12 N–H and O–H groups in total. The van der Waals surface area contributed by atoms with Gasteiger partial charge in [-0.1, -0.05) is 335 Å². The Morgan fingerprint density at radius 2 is 0.594 bits per heavy atom. The van der Waals surface area contributed by atoms with Gasteiger partial charge in [-0.3, -0.25) is 4.79 Å². The molecule has 3 fully saturated rings. The van der Waals surface area contributed by atoms with Crippen LogP contribution in [0.15, 0.2) is 0 Å². The molecule has 0 aromatic heterocycles. The largest absolute Gasteiger partial charge is 0.394 e. The molecule has 1 amide bonds. The minimum atomic E-state index is -1.97. The van der Waals surface area contributed by atoms with Gasteiger partial charge < -0.3 is 89.9 Å². The third-order valence-corrected chi connectivity index (χ3v) is 20.7. The van der Waals surface area contributed by atoms with Gasteiger partial charge in [-0.15, -0.1) is 0 Å². The van der Waals surface area contributed by atoms with E-state index in [1.54, 1.807) is 0 Å². The Bertz CT molecular complexity index is 1740. The number of amides is 1. The van der Waals surface area contributed by atoms with Crippen LogP contribution in [0.25, 0.3) is 0 Å². The number of carbonyl (C=O) groups excluding carboxylic acids is 1. The highest BCUT2D eigenvalue weighted by Crippen LogP contribution is 2.33. The van der Waals surface area contributed by atoms with Crippen molar-refractivity contribution in [3.63, 3.8) is 0 Å². The third-order valence-electron chi connectivity index (χ3n) is 20.7. The van der Waals surface area contributed by atoms with E-state index in [1.165, 1.54) is 276 Å². The van der Waals surface area contributed by atoms with Crippen LogP contribution in [0, 0.1) is 0 Å². The zero-order valence-electron chi connectivity index (χ0n) is 60.9. The Morgan fingerprint density at radius 3 is 0.906 bits per heavy atom. The maximum Gasteiger partial charge on any atom is 0.220 e. The van der Waals surface area contributed by atoms with E-state index < -0.39 is 124 Å². The molecule has 19 nitrogen and oxygen atoms in total. The number of carbonyl (C=O) groups is 1. The monoisotopic (exact) mass is 1380 g/mol. The molecule has 570 valence electrons. The van der Waals surface area contributed by atoms with Gasteiger partial charge in [0.1, 0.15) is 73.2 Å². The second-order valence-corrected chi connectivity index (χ2v) is 29.2. The van der Waals surface area contributed by atoms with Crippen LogP contribution in [0.1, 0.15) is 354 Å². The van der Waals surface area contributed by atoms with Crippen LogP contribution < -0.4 is 5.32 Å². The van der Waals surface area contributed by atoms with E-state index in [1.807, 2.05) is 0 Å². The minimum absolute atomic E-state index is 0.233. The number of nitrogens with one attached hydrogen (secondary N) is 1. The van der Waals surface area contributed by atoms with Crippen LogP contribution in [0.3, 0.4) is 0 Å². The van der Waals surface area contributed by atoms with Gasteiger partial charge in [0.25, 0.3) is 0 Å². The van der Waals surface area contributed by atoms with Gasteiger partial charge in [0.2, 0.25) is 5.91 Å². The summed E-state index contributed by atoms with van der Waals surface area (Å²) in [5.41, 5.74) is 0. The quantitative estimate of drug-likeness (QED) is 0.0252. The van der Waals surface area contributed by atoms with Crippen LogP contribution in [0.2, 0.25) is 0 Å². The lowest BCUT2D eigenvalue weighted by Gasteiger charge is -2.48. The maximum atomic E-state index is 13.5. The molecule has 0 aliphatic carbocycles. The van der Waals surface area contributed by atoms with Crippen LogP contribution in [0.5, 0.6) is 0 Å². The van der Waals surface area contributed by atoms with Crippen molar-refractivity contribution in [2.45, 2.75) is 458 Å². The zero-order chi connectivity index (χ0) is 69.6. The summed E-state index contributed by atoms with van der Waals surface area (Å²) in [6.45, 7) is 1.87. The number of ether oxygens (including phenoxy) is 6. The standard InChI is InChI=1S/C77H149NO18/c1-3-5-7-9-11-13-15-17-19-21-23-25-26-27-28-29-30-31-32-33-35-36-38-40-42-44-46-48-50-52-54-61(82)60(78-65(83)55-53-51-49-47-45-43-41-39-37-34-24-22-20-18-16-14-12-10-8-6-4-2)59-91-75-71(89)68(86)73(63(57-80)93-75)96-77-72(90)69(87)74(64(58-81)94-77)95-76-70(88)67(85)66(84)62(56-79)92-76/h60-64,66-77,79-82,84-90H,3-59H2,1-2H3,(H,78,83). The number of unbranched alkanes of at least 4 members (excludes halogenated alkanes) is 49. The minimum Gasteiger partial charge on any atom is -0.394 e. The summed E-state index contributed by atoms with van der Waals surface area (Å²) < 4.78 is 34.5. The van der Waals surface area contributed by atoms with E-state index in [0.717, 1.165) is 44.9 Å². The maximum absolute atomic E-state index is 13.5. The lowest BCUT2D eigenvalue weighted by molar-refractivity contribution is -0.379. The summed E-state index contributed by atoms with van der Waals surface area (Å²) in [5.74, 6) is -0.233. The highest BCUT2D eigenvalue weighted by molar-refractivity contribution is 5.76. The van der Waals surface area contributed by atoms with Crippen molar-refractivity contribution in [2.24, 2.45) is 0 Å². The molecule has 19 heteroatoms. The van der Waals surface area contributed by atoms with Gasteiger partial charge in [0.15, 0.2) is 18.9 Å². The smallest absolute Gasteiger partial charge is 0.220 e. The highest BCUT2D eigenvalue weighted by Gasteiger charge is 2.54. The van der Waals surface area contributed by atoms with E-state index in [2.05, 4.69) is 19.2 Å². The summed E-state index contributed by atoms with van der Waals surface area (Å²) in [4.78, 5) is 13.5. The Hall–Kier alpha value is -1.21. The molecule has 0 aromatic rings. The molecule has 0 aromatic carbocycles. The first-order chi connectivity index (χ1) is 46.8. The van der Waals surface area contributed by atoms with E-state index >= 15 is 0 Å². The van der Waals surface area contributed by atoms with Crippen LogP contribution in [-0.2, 0) is 33.2 Å². The van der Waals surface area contributed by atoms with E-state index in [9.17, 15) is 61.0 Å². The second-order valence-electron chi connectivity index (χ2n) is 29.2. The van der Waals surface area contributed by atoms with Crippen LogP contribution in [-0.4, -0.2) is 193 Å². The van der Waals surface area contributed by atoms with Crippen LogP contribution in [0.4, 0.5) is 0 Å². The molecular weight excluding hydrogens is 1230 g/mol. The zero-order valence-corrected chi connectivity index (χ0v) is 60.9. The molecule has 3 saturated heterocycles. The molecule has 0 spiro atoms. The van der Waals surface area contributed by atoms with Crippen molar-refractivity contribution in [1.82, 2.24) is 5.32 Å². The summed E-state index contributed by atoms with van der Waals surface area (Å²) >= 11 is 0. The van der Waals surface area contributed by atoms with Crippen LogP contribution >= 0.6 is 0 Å². The van der Waals surface area contributed by atoms with Gasteiger partial charge in [0, 0.05) is 6.42 Å². The van der Waals surface area contributed by atoms with Gasteiger partial charge in [-0.05, 0) is 12.8 Å². The number of hydrogen-bond acceptors (Lipinski definition) is 18. The van der Waals surface area contributed by atoms with E-state index in [4.69, 9.17) is 28.4 Å². The number of aliphatic hydroxyl groups is 11. The molecule has 3 aliphatic heterocycles. The fourth-order valence-corrected chi connectivity index (χ4v) is 14.2. The SMILES string of the molecule is CCCCCCCCCCCCCCCCCCCCCCCCCCCCCCCCC(O)C(COC1OC(CO)C(OC2OC(CO)C(OC3OC(CO)C(O)C(O)C3O)C(O)C2O)C(O)C1O)NC(=O)CCCCCCCCCCCCCCCCCCCCCCC. The number of rotatable bonds is 65. The number of hydrogen-bond donors (Lipinski definition) is 12. The molecule has 17 unspecified atom stereocenters. The Morgan fingerprint density at radius 1 is 0.333 bits per heavy atom. The van der Waals surface area contributed by atoms with Crippen molar-refractivity contribution < 1.29 is 89.4 Å². The highest BCUT2D eigenvalue weighted by atomic mass is 16.8. The summed E-state index contributed by atoms with van der Waals surface area (Å²) in [5, 5.41) is 121. The molecule has 3 rings (SSSR count). The molecule has 17 atom stereocenters. The van der Waals surface area contributed by atoms with Crippen molar-refractivity contribution in [1.29, 1.82) is 0 Å². The van der Waals surface area contributed by atoms with Gasteiger partial charge >= 0.3 is 0 Å². The van der Waals surface area contributed by atoms with Gasteiger partial charge in [-0.25, -0.2) is 0 Å². The fourth-order valence-electron chi connectivity index (χ4n) is 14.2. The van der Waals surface area contributed by atoms with Crippen molar-refractivity contribution >= 4 is 5.91 Å². The average molecular weight is 1380 g/mol. The molecule has 0 saturated carbocycles. The summed E-state index contributed by atoms with van der Waals surface area (Å²) in [6, 6.07) is -0.883. The lowest BCUT2D eigenvalue weighted by Crippen LogP contribution is -2.66. The normalized spacial score (nSPS) is 26.9. The third kappa shape index (κ3) is 39.4. The van der Waals surface area contributed by atoms with Crippen molar-refractivity contribution in [3.8, 4) is 0 Å². The fraction of sp³-hybridized carbons (Fsp3) is 0.987.